The first kappa shape index (κ1) is 13.3. The van der Waals surface area contributed by atoms with Crippen molar-refractivity contribution in [1.29, 1.82) is 0 Å². The van der Waals surface area contributed by atoms with Crippen molar-refractivity contribution in [2.24, 2.45) is 0 Å². The molecule has 0 radical (unpaired) electrons. The van der Waals surface area contributed by atoms with Gasteiger partial charge in [-0.15, -0.1) is 0 Å². The van der Waals surface area contributed by atoms with Crippen LogP contribution in [0.5, 0.6) is 0 Å². The highest BCUT2D eigenvalue weighted by Crippen LogP contribution is 2.25. The number of aromatic nitrogens is 2. The van der Waals surface area contributed by atoms with Crippen LogP contribution < -0.4 is 0 Å². The minimum atomic E-state index is -1.03. The first-order valence-corrected chi connectivity index (χ1v) is 6.54. The van der Waals surface area contributed by atoms with Gasteiger partial charge in [-0.3, -0.25) is 9.55 Å². The Morgan fingerprint density at radius 3 is 2.76 bits per heavy atom. The lowest BCUT2D eigenvalue weighted by atomic mass is 10.1. The number of carboxylic acid groups (broad SMARTS) is 1. The molecule has 0 aliphatic carbocycles. The fourth-order valence-corrected chi connectivity index (χ4v) is 2.16. The number of carbonyl (C=O) groups is 1. The van der Waals surface area contributed by atoms with Crippen molar-refractivity contribution in [3.05, 3.63) is 66.1 Å². The Bertz CT molecular complexity index is 722. The summed E-state index contributed by atoms with van der Waals surface area (Å²) in [5.74, 6) is 0. The normalized spacial score (nSPS) is 10.9. The van der Waals surface area contributed by atoms with Crippen LogP contribution in [0.2, 0.25) is 0 Å². The van der Waals surface area contributed by atoms with Crippen molar-refractivity contribution >= 4 is 6.09 Å². The summed E-state index contributed by atoms with van der Waals surface area (Å²) in [7, 11) is 0. The van der Waals surface area contributed by atoms with Crippen LogP contribution in [-0.4, -0.2) is 20.8 Å². The SMILES string of the molecule is O=C(O)n1ccc2c(COCc3ccccc3)cnc-2c1. The van der Waals surface area contributed by atoms with E-state index in [1.165, 1.54) is 12.4 Å². The zero-order valence-electron chi connectivity index (χ0n) is 11.3. The van der Waals surface area contributed by atoms with Gasteiger partial charge in [-0.1, -0.05) is 30.3 Å². The van der Waals surface area contributed by atoms with Gasteiger partial charge in [0.1, 0.15) is 0 Å². The summed E-state index contributed by atoms with van der Waals surface area (Å²) in [5.41, 5.74) is 3.64. The van der Waals surface area contributed by atoms with Crippen LogP contribution in [0.4, 0.5) is 4.79 Å². The monoisotopic (exact) mass is 282 g/mol. The zero-order chi connectivity index (χ0) is 14.7. The van der Waals surface area contributed by atoms with Gasteiger partial charge in [0, 0.05) is 29.7 Å². The Balaban J connectivity index is 1.69. The Kier molecular flexibility index (Phi) is 3.66. The molecular weight excluding hydrogens is 268 g/mol. The van der Waals surface area contributed by atoms with Gasteiger partial charge >= 0.3 is 6.09 Å². The van der Waals surface area contributed by atoms with Crippen LogP contribution in [-0.2, 0) is 18.0 Å². The number of pyridine rings is 1. The molecule has 21 heavy (non-hydrogen) atoms. The van der Waals surface area contributed by atoms with Crippen LogP contribution >= 0.6 is 0 Å². The van der Waals surface area contributed by atoms with Crippen molar-refractivity contribution in [3.8, 4) is 11.3 Å². The van der Waals surface area contributed by atoms with Crippen LogP contribution in [0.1, 0.15) is 11.1 Å². The number of rotatable bonds is 4. The zero-order valence-corrected chi connectivity index (χ0v) is 11.3. The minimum Gasteiger partial charge on any atom is -0.464 e. The Hall–Kier alpha value is -2.66. The molecule has 5 heteroatoms. The number of hydrogen-bond donors (Lipinski definition) is 1. The van der Waals surface area contributed by atoms with Gasteiger partial charge in [0.15, 0.2) is 0 Å². The van der Waals surface area contributed by atoms with E-state index in [0.717, 1.165) is 21.3 Å². The van der Waals surface area contributed by atoms with E-state index in [1.54, 1.807) is 12.3 Å². The van der Waals surface area contributed by atoms with E-state index < -0.39 is 6.09 Å². The fourth-order valence-electron chi connectivity index (χ4n) is 2.16. The molecule has 106 valence electrons. The molecule has 0 spiro atoms. The molecule has 0 saturated heterocycles. The lowest BCUT2D eigenvalue weighted by Gasteiger charge is -2.06. The summed E-state index contributed by atoms with van der Waals surface area (Å²) in [5, 5.41) is 8.93. The molecule has 2 aliphatic heterocycles. The van der Waals surface area contributed by atoms with Crippen molar-refractivity contribution in [2.45, 2.75) is 13.2 Å². The lowest BCUT2D eigenvalue weighted by Crippen LogP contribution is -2.08. The maximum atomic E-state index is 10.9. The second kappa shape index (κ2) is 5.76. The molecule has 3 rings (SSSR count). The summed E-state index contributed by atoms with van der Waals surface area (Å²) in [4.78, 5) is 15.1. The molecule has 0 unspecified atom stereocenters. The Morgan fingerprint density at radius 1 is 1.19 bits per heavy atom. The van der Waals surface area contributed by atoms with Gasteiger partial charge in [0.05, 0.1) is 18.9 Å². The van der Waals surface area contributed by atoms with E-state index in [4.69, 9.17) is 9.84 Å². The molecular formula is C16H14N2O3. The van der Waals surface area contributed by atoms with Gasteiger partial charge < -0.3 is 9.84 Å². The van der Waals surface area contributed by atoms with Gasteiger partial charge in [0.25, 0.3) is 0 Å². The molecule has 0 atom stereocenters. The molecule has 0 bridgehead atoms. The second-order valence-electron chi connectivity index (χ2n) is 4.70. The number of benzene rings is 1. The first-order chi connectivity index (χ1) is 10.2. The average Bonchev–Trinajstić information content (AvgIpc) is 2.91. The molecule has 0 amide bonds. The first-order valence-electron chi connectivity index (χ1n) is 6.54. The predicted molar refractivity (Wildman–Crippen MR) is 77.2 cm³/mol. The molecule has 0 aromatic heterocycles. The van der Waals surface area contributed by atoms with E-state index in [1.807, 2.05) is 30.3 Å². The third kappa shape index (κ3) is 2.93. The maximum absolute atomic E-state index is 10.9. The average molecular weight is 282 g/mol. The number of fused-ring (bicyclic) bond motifs is 1. The molecule has 5 nitrogen and oxygen atoms in total. The summed E-state index contributed by atoms with van der Waals surface area (Å²) in [6.45, 7) is 0.984. The lowest BCUT2D eigenvalue weighted by molar-refractivity contribution is 0.107. The third-order valence-electron chi connectivity index (χ3n) is 3.23. The predicted octanol–water partition coefficient (Wildman–Crippen LogP) is 3.23. The summed E-state index contributed by atoms with van der Waals surface area (Å²) in [6, 6.07) is 11.7. The van der Waals surface area contributed by atoms with Crippen LogP contribution in [0, 0.1) is 0 Å². The van der Waals surface area contributed by atoms with Crippen LogP contribution in [0.25, 0.3) is 11.3 Å². The van der Waals surface area contributed by atoms with E-state index in [2.05, 4.69) is 4.98 Å². The summed E-state index contributed by atoms with van der Waals surface area (Å²) in [6.07, 6.45) is 3.70. The van der Waals surface area contributed by atoms with Crippen molar-refractivity contribution in [3.63, 3.8) is 0 Å². The number of nitrogens with zero attached hydrogens (tertiary/aromatic N) is 2. The van der Waals surface area contributed by atoms with Crippen molar-refractivity contribution in [1.82, 2.24) is 9.55 Å². The van der Waals surface area contributed by atoms with E-state index in [0.29, 0.717) is 18.9 Å². The molecule has 0 saturated carbocycles. The van der Waals surface area contributed by atoms with E-state index >= 15 is 0 Å². The molecule has 1 aromatic carbocycles. The van der Waals surface area contributed by atoms with E-state index in [9.17, 15) is 4.79 Å². The second-order valence-corrected chi connectivity index (χ2v) is 4.70. The standard InChI is InChI=1S/C16H14N2O3/c19-16(20)18-7-6-14-13(8-17-15(14)9-18)11-21-10-12-4-2-1-3-5-12/h1-9H,10-11H2,(H,19,20). The van der Waals surface area contributed by atoms with Crippen molar-refractivity contribution in [2.75, 3.05) is 0 Å². The smallest absolute Gasteiger partial charge is 0.415 e. The van der Waals surface area contributed by atoms with Gasteiger partial charge in [-0.25, -0.2) is 4.79 Å². The molecule has 2 aliphatic rings. The highest BCUT2D eigenvalue weighted by atomic mass is 16.5. The quantitative estimate of drug-likeness (QED) is 0.798. The number of hydrogen-bond acceptors (Lipinski definition) is 3. The molecule has 0 fully saturated rings. The molecule has 1 N–H and O–H groups in total. The van der Waals surface area contributed by atoms with Gasteiger partial charge in [0.2, 0.25) is 0 Å². The summed E-state index contributed by atoms with van der Waals surface area (Å²) < 4.78 is 6.77. The minimum absolute atomic E-state index is 0.447. The summed E-state index contributed by atoms with van der Waals surface area (Å²) >= 11 is 0. The van der Waals surface area contributed by atoms with Crippen LogP contribution in [0.3, 0.4) is 0 Å². The highest BCUT2D eigenvalue weighted by molar-refractivity contribution is 5.72. The van der Waals surface area contributed by atoms with Gasteiger partial charge in [-0.05, 0) is 11.6 Å². The van der Waals surface area contributed by atoms with E-state index in [-0.39, 0.29) is 0 Å². The number of ether oxygens (including phenoxy) is 1. The van der Waals surface area contributed by atoms with Crippen molar-refractivity contribution < 1.29 is 14.6 Å². The largest absolute Gasteiger partial charge is 0.464 e. The Labute approximate surface area is 121 Å². The third-order valence-corrected chi connectivity index (χ3v) is 3.23. The highest BCUT2D eigenvalue weighted by Gasteiger charge is 2.13. The topological polar surface area (TPSA) is 64.3 Å². The van der Waals surface area contributed by atoms with Crippen LogP contribution in [0.15, 0.2) is 55.0 Å². The molecule has 2 heterocycles. The Morgan fingerprint density at radius 2 is 2.00 bits per heavy atom. The van der Waals surface area contributed by atoms with Gasteiger partial charge in [-0.2, -0.15) is 0 Å². The molecule has 1 aromatic rings. The fraction of sp³-hybridized carbons (Fsp3) is 0.125. The maximum Gasteiger partial charge on any atom is 0.415 e.